The Balaban J connectivity index is 1.34. The fourth-order valence-electron chi connectivity index (χ4n) is 5.77. The second-order valence-corrected chi connectivity index (χ2v) is 13.0. The number of azide groups is 1. The van der Waals surface area contributed by atoms with Gasteiger partial charge in [0.25, 0.3) is 5.91 Å². The van der Waals surface area contributed by atoms with Crippen LogP contribution in [0.2, 0.25) is 0 Å². The number of nitrogens with one attached hydrogen (secondary N) is 2. The highest BCUT2D eigenvalue weighted by molar-refractivity contribution is 7.99. The number of benzene rings is 5. The van der Waals surface area contributed by atoms with E-state index in [0.717, 1.165) is 20.9 Å². The second kappa shape index (κ2) is 17.9. The Labute approximate surface area is 306 Å². The number of carbonyl (C=O) groups excluding carboxylic acids is 1. The van der Waals surface area contributed by atoms with Crippen LogP contribution in [0.15, 0.2) is 159 Å². The summed E-state index contributed by atoms with van der Waals surface area (Å²) in [5.41, 5.74) is 17.5. The molecule has 10 nitrogen and oxygen atoms in total. The average molecular weight is 711 g/mol. The molecule has 1 aliphatic heterocycles. The van der Waals surface area contributed by atoms with Crippen LogP contribution >= 0.6 is 11.8 Å². The van der Waals surface area contributed by atoms with Gasteiger partial charge in [-0.05, 0) is 59.1 Å². The van der Waals surface area contributed by atoms with E-state index in [1.54, 1.807) is 42.1 Å². The number of ether oxygens (including phenoxy) is 2. The molecule has 262 valence electrons. The summed E-state index contributed by atoms with van der Waals surface area (Å²) in [7, 11) is 0. The van der Waals surface area contributed by atoms with E-state index in [2.05, 4.69) is 39.1 Å². The normalized spacial score (nSPS) is 16.5. The summed E-state index contributed by atoms with van der Waals surface area (Å²) in [5.74, 6) is 0.472. The molecule has 1 amide bonds. The number of aliphatic hydroxyl groups excluding tert-OH is 1. The van der Waals surface area contributed by atoms with Gasteiger partial charge in [-0.1, -0.05) is 120 Å². The van der Waals surface area contributed by atoms with Crippen molar-refractivity contribution in [2.75, 3.05) is 13.2 Å². The van der Waals surface area contributed by atoms with Gasteiger partial charge in [-0.25, -0.2) is 10.4 Å². The lowest BCUT2D eigenvalue weighted by atomic mass is 9.83. The van der Waals surface area contributed by atoms with Crippen LogP contribution in [-0.2, 0) is 16.1 Å². The minimum absolute atomic E-state index is 0.0400. The molecule has 5 aromatic carbocycles. The molecule has 52 heavy (non-hydrogen) atoms. The summed E-state index contributed by atoms with van der Waals surface area (Å²) >= 11 is 1.65. The third kappa shape index (κ3) is 8.90. The summed E-state index contributed by atoms with van der Waals surface area (Å²) in [6, 6.07) is 42.2. The summed E-state index contributed by atoms with van der Waals surface area (Å²) in [4.78, 5) is 24.9. The molecule has 1 heterocycles. The average Bonchev–Trinajstić information content (AvgIpc) is 3.57. The summed E-state index contributed by atoms with van der Waals surface area (Å²) in [5, 5.41) is 13.1. The van der Waals surface area contributed by atoms with Crippen molar-refractivity contribution in [1.82, 2.24) is 10.9 Å². The van der Waals surface area contributed by atoms with E-state index in [4.69, 9.17) is 19.6 Å². The van der Waals surface area contributed by atoms with Gasteiger partial charge in [-0.15, -0.1) is 0 Å². The smallest absolute Gasteiger partial charge is 0.266 e. The third-order valence-corrected chi connectivity index (χ3v) is 9.49. The van der Waals surface area contributed by atoms with E-state index >= 15 is 0 Å². The number of nitrogens with zero attached hydrogens (tertiary/aromatic N) is 4. The SMILES string of the molecule is [N-]=[N+]=Nc1ccccc1[C@@H]1OC(c2ccc(OCCCO)cc2)=N[C@]1(C/C=C/c1ccccc1)C(=O)NNCc1ccccc1Sc1ccccc1. The molecule has 0 spiro atoms. The van der Waals surface area contributed by atoms with Crippen LogP contribution < -0.4 is 15.6 Å². The first kappa shape index (κ1) is 36.0. The number of aliphatic hydroxyl groups is 1. The molecule has 0 unspecified atom stereocenters. The molecular weight excluding hydrogens is 673 g/mol. The van der Waals surface area contributed by atoms with Crippen molar-refractivity contribution in [3.8, 4) is 5.75 Å². The molecule has 0 saturated heterocycles. The molecule has 5 aromatic rings. The van der Waals surface area contributed by atoms with E-state index in [1.807, 2.05) is 97.1 Å². The first-order chi connectivity index (χ1) is 25.6. The molecular formula is C41H38N6O4S. The zero-order valence-corrected chi connectivity index (χ0v) is 29.2. The van der Waals surface area contributed by atoms with Crippen LogP contribution in [0.4, 0.5) is 5.69 Å². The van der Waals surface area contributed by atoms with Gasteiger partial charge in [0.15, 0.2) is 11.6 Å². The summed E-state index contributed by atoms with van der Waals surface area (Å²) < 4.78 is 12.3. The highest BCUT2D eigenvalue weighted by Crippen LogP contribution is 2.45. The Kier molecular flexibility index (Phi) is 12.4. The Hall–Kier alpha value is -5.84. The number of hydrogen-bond donors (Lipinski definition) is 3. The van der Waals surface area contributed by atoms with Crippen molar-refractivity contribution in [1.29, 1.82) is 0 Å². The fourth-order valence-corrected chi connectivity index (χ4v) is 6.74. The van der Waals surface area contributed by atoms with Crippen LogP contribution in [0.5, 0.6) is 5.75 Å². The molecule has 2 atom stereocenters. The molecule has 0 radical (unpaired) electrons. The largest absolute Gasteiger partial charge is 0.494 e. The zero-order chi connectivity index (χ0) is 36.0. The van der Waals surface area contributed by atoms with Crippen LogP contribution in [0.25, 0.3) is 16.5 Å². The number of carbonyl (C=O) groups is 1. The van der Waals surface area contributed by atoms with Gasteiger partial charge in [0, 0.05) is 57.5 Å². The molecule has 11 heteroatoms. The van der Waals surface area contributed by atoms with Gasteiger partial charge in [0.05, 0.1) is 6.61 Å². The van der Waals surface area contributed by atoms with E-state index in [0.29, 0.717) is 42.1 Å². The van der Waals surface area contributed by atoms with E-state index in [9.17, 15) is 10.3 Å². The predicted octanol–water partition coefficient (Wildman–Crippen LogP) is 8.72. The lowest BCUT2D eigenvalue weighted by molar-refractivity contribution is -0.129. The number of aliphatic imine (C=N–C) groups is 1. The minimum atomic E-state index is -1.51. The molecule has 0 aliphatic carbocycles. The van der Waals surface area contributed by atoms with Gasteiger partial charge in [-0.3, -0.25) is 10.2 Å². The zero-order valence-electron chi connectivity index (χ0n) is 28.3. The van der Waals surface area contributed by atoms with Gasteiger partial charge in [0.1, 0.15) is 5.75 Å². The van der Waals surface area contributed by atoms with Crippen molar-refractivity contribution < 1.29 is 19.4 Å². The third-order valence-electron chi connectivity index (χ3n) is 8.36. The van der Waals surface area contributed by atoms with Crippen LogP contribution in [0, 0.1) is 0 Å². The number of hydrazine groups is 1. The van der Waals surface area contributed by atoms with E-state index in [-0.39, 0.29) is 18.9 Å². The molecule has 6 rings (SSSR count). The van der Waals surface area contributed by atoms with Gasteiger partial charge < -0.3 is 14.6 Å². The Morgan fingerprint density at radius 1 is 0.942 bits per heavy atom. The minimum Gasteiger partial charge on any atom is -0.494 e. The standard InChI is InChI=1S/C41H38N6O4S/c42-47-45-36-20-9-8-19-35(36)38-41(26-11-15-30-13-3-1-4-14-30,44-39(51-38)31-22-24-33(25-23-31)50-28-12-27-48)40(49)46-43-29-32-16-7-10-21-37(32)52-34-17-5-2-6-18-34/h1-11,13-25,38,43,48H,12,26-29H2,(H,46,49)/b15-11+/t38-,41-/m0/s1. The summed E-state index contributed by atoms with van der Waals surface area (Å²) in [6.45, 7) is 0.774. The molecule has 1 aliphatic rings. The Morgan fingerprint density at radius 3 is 2.42 bits per heavy atom. The molecule has 0 fully saturated rings. The van der Waals surface area contributed by atoms with Crippen molar-refractivity contribution in [2.24, 2.45) is 10.1 Å². The topological polar surface area (TPSA) is 141 Å². The highest BCUT2D eigenvalue weighted by atomic mass is 32.2. The maximum absolute atomic E-state index is 14.7. The quantitative estimate of drug-likeness (QED) is 0.0308. The van der Waals surface area contributed by atoms with Gasteiger partial charge in [0.2, 0.25) is 5.90 Å². The van der Waals surface area contributed by atoms with Gasteiger partial charge >= 0.3 is 0 Å². The number of hydrogen-bond acceptors (Lipinski definition) is 8. The molecule has 0 saturated carbocycles. The predicted molar refractivity (Wildman–Crippen MR) is 204 cm³/mol. The van der Waals surface area contributed by atoms with E-state index in [1.165, 1.54) is 0 Å². The van der Waals surface area contributed by atoms with Crippen LogP contribution in [-0.4, -0.2) is 35.7 Å². The Morgan fingerprint density at radius 2 is 1.65 bits per heavy atom. The van der Waals surface area contributed by atoms with Gasteiger partial charge in [-0.2, -0.15) is 0 Å². The maximum atomic E-state index is 14.7. The van der Waals surface area contributed by atoms with Crippen molar-refractivity contribution in [3.63, 3.8) is 0 Å². The molecule has 0 bridgehead atoms. The first-order valence-corrected chi connectivity index (χ1v) is 17.7. The van der Waals surface area contributed by atoms with E-state index < -0.39 is 17.6 Å². The highest BCUT2D eigenvalue weighted by Gasteiger charge is 2.53. The summed E-state index contributed by atoms with van der Waals surface area (Å²) in [6.07, 6.45) is 3.59. The van der Waals surface area contributed by atoms with Crippen molar-refractivity contribution in [3.05, 3.63) is 172 Å². The second-order valence-electron chi connectivity index (χ2n) is 11.9. The fraction of sp³-hybridized carbons (Fsp3) is 0.171. The molecule has 3 N–H and O–H groups in total. The van der Waals surface area contributed by atoms with Crippen molar-refractivity contribution >= 4 is 35.3 Å². The Bertz CT molecular complexity index is 2050. The van der Waals surface area contributed by atoms with Crippen LogP contribution in [0.1, 0.15) is 41.2 Å². The lowest BCUT2D eigenvalue weighted by Crippen LogP contribution is -2.52. The maximum Gasteiger partial charge on any atom is 0.266 e. The number of rotatable bonds is 16. The molecule has 0 aromatic heterocycles. The van der Waals surface area contributed by atoms with Crippen molar-refractivity contribution in [2.45, 2.75) is 40.8 Å². The van der Waals surface area contributed by atoms with Crippen LogP contribution in [0.3, 0.4) is 0 Å². The lowest BCUT2D eigenvalue weighted by Gasteiger charge is -2.30. The first-order valence-electron chi connectivity index (χ1n) is 16.9. The monoisotopic (exact) mass is 710 g/mol. The number of amides is 1.